The predicted octanol–water partition coefficient (Wildman–Crippen LogP) is 2.61. The fourth-order valence-corrected chi connectivity index (χ4v) is 4.77. The lowest BCUT2D eigenvalue weighted by Gasteiger charge is -2.30. The molecule has 0 bridgehead atoms. The van der Waals surface area contributed by atoms with E-state index in [-0.39, 0.29) is 12.6 Å². The molecule has 0 radical (unpaired) electrons. The van der Waals surface area contributed by atoms with E-state index in [9.17, 15) is 9.59 Å². The maximum Gasteiger partial charge on any atom is 0.515 e. The minimum atomic E-state index is -3.00. The molecule has 0 saturated heterocycles. The van der Waals surface area contributed by atoms with Gasteiger partial charge in [-0.2, -0.15) is 0 Å². The number of nitrogens with one attached hydrogen (secondary N) is 1. The van der Waals surface area contributed by atoms with Crippen molar-refractivity contribution >= 4 is 20.7 Å². The molecule has 0 aliphatic heterocycles. The molecule has 166 valence electrons. The first-order chi connectivity index (χ1) is 13.5. The fourth-order valence-electron chi connectivity index (χ4n) is 2.40. The van der Waals surface area contributed by atoms with E-state index in [1.54, 1.807) is 0 Å². The van der Waals surface area contributed by atoms with Gasteiger partial charge in [0.05, 0.1) is 25.8 Å². The van der Waals surface area contributed by atoms with Crippen LogP contribution in [0.2, 0.25) is 0 Å². The molecule has 0 heterocycles. The second kappa shape index (κ2) is 16.9. The van der Waals surface area contributed by atoms with Gasteiger partial charge in [-0.1, -0.05) is 26.7 Å². The standard InChI is InChI=1S/C19H39NO7Si/c1-6-11-13-23-18(21)15-17(19(22)24-14-12-7-2)20-16-28(25-8-3,26-9-4)27-10-5/h17,20H,6-16H2,1-5H3. The van der Waals surface area contributed by atoms with Crippen molar-refractivity contribution in [2.24, 2.45) is 0 Å². The molecular formula is C19H39NO7Si. The molecule has 0 saturated carbocycles. The lowest BCUT2D eigenvalue weighted by atomic mass is 10.2. The van der Waals surface area contributed by atoms with E-state index in [0.717, 1.165) is 25.7 Å². The second-order valence-electron chi connectivity index (χ2n) is 6.21. The van der Waals surface area contributed by atoms with Crippen LogP contribution in [0.5, 0.6) is 0 Å². The smallest absolute Gasteiger partial charge is 0.466 e. The summed E-state index contributed by atoms with van der Waals surface area (Å²) in [4.78, 5) is 24.6. The molecule has 0 aliphatic carbocycles. The number of hydrogen-bond acceptors (Lipinski definition) is 8. The molecular weight excluding hydrogens is 382 g/mol. The first kappa shape index (κ1) is 27.0. The van der Waals surface area contributed by atoms with Gasteiger partial charge in [-0.15, -0.1) is 0 Å². The first-order valence-corrected chi connectivity index (χ1v) is 12.4. The van der Waals surface area contributed by atoms with Crippen LogP contribution in [0.3, 0.4) is 0 Å². The van der Waals surface area contributed by atoms with Crippen LogP contribution in [0.15, 0.2) is 0 Å². The predicted molar refractivity (Wildman–Crippen MR) is 109 cm³/mol. The van der Waals surface area contributed by atoms with Crippen molar-refractivity contribution in [1.29, 1.82) is 0 Å². The van der Waals surface area contributed by atoms with Crippen LogP contribution >= 0.6 is 0 Å². The molecule has 9 heteroatoms. The Hall–Kier alpha value is -1.00. The number of hydrogen-bond donors (Lipinski definition) is 1. The van der Waals surface area contributed by atoms with Crippen molar-refractivity contribution in [3.8, 4) is 0 Å². The number of carbonyl (C=O) groups excluding carboxylic acids is 2. The molecule has 28 heavy (non-hydrogen) atoms. The van der Waals surface area contributed by atoms with Gasteiger partial charge in [-0.25, -0.2) is 0 Å². The summed E-state index contributed by atoms with van der Waals surface area (Å²) in [7, 11) is -3.00. The molecule has 0 fully saturated rings. The van der Waals surface area contributed by atoms with E-state index >= 15 is 0 Å². The zero-order chi connectivity index (χ0) is 21.3. The summed E-state index contributed by atoms with van der Waals surface area (Å²) in [5.41, 5.74) is 0. The van der Waals surface area contributed by atoms with E-state index in [1.165, 1.54) is 0 Å². The summed E-state index contributed by atoms with van der Waals surface area (Å²) >= 11 is 0. The highest BCUT2D eigenvalue weighted by molar-refractivity contribution is 6.61. The van der Waals surface area contributed by atoms with Gasteiger partial charge in [0.25, 0.3) is 0 Å². The average Bonchev–Trinajstić information content (AvgIpc) is 2.66. The Kier molecular flexibility index (Phi) is 16.3. The molecule has 0 aromatic heterocycles. The maximum atomic E-state index is 12.5. The Morgan fingerprint density at radius 3 is 1.79 bits per heavy atom. The van der Waals surface area contributed by atoms with E-state index in [2.05, 4.69) is 5.32 Å². The number of esters is 2. The molecule has 1 atom stereocenters. The topological polar surface area (TPSA) is 92.3 Å². The van der Waals surface area contributed by atoms with Gasteiger partial charge < -0.3 is 22.8 Å². The van der Waals surface area contributed by atoms with Crippen LogP contribution in [0.1, 0.15) is 66.7 Å². The third kappa shape index (κ3) is 11.8. The van der Waals surface area contributed by atoms with E-state index < -0.39 is 26.8 Å². The highest BCUT2D eigenvalue weighted by Crippen LogP contribution is 2.11. The van der Waals surface area contributed by atoms with Crippen molar-refractivity contribution in [2.75, 3.05) is 39.2 Å². The van der Waals surface area contributed by atoms with Crippen LogP contribution in [0.4, 0.5) is 0 Å². The van der Waals surface area contributed by atoms with Crippen molar-refractivity contribution in [2.45, 2.75) is 72.8 Å². The lowest BCUT2D eigenvalue weighted by Crippen LogP contribution is -2.57. The molecule has 0 aromatic rings. The van der Waals surface area contributed by atoms with Crippen LogP contribution in [-0.4, -0.2) is 66.0 Å². The summed E-state index contributed by atoms with van der Waals surface area (Å²) in [5, 5.41) is 3.07. The Labute approximate surface area is 170 Å². The molecule has 0 rings (SSSR count). The monoisotopic (exact) mass is 421 g/mol. The summed E-state index contributed by atoms with van der Waals surface area (Å²) in [6, 6.07) is -0.834. The van der Waals surface area contributed by atoms with Crippen LogP contribution < -0.4 is 5.32 Å². The molecule has 1 unspecified atom stereocenters. The Balaban J connectivity index is 5.03. The van der Waals surface area contributed by atoms with Gasteiger partial charge in [0.1, 0.15) is 6.04 Å². The highest BCUT2D eigenvalue weighted by atomic mass is 28.4. The van der Waals surface area contributed by atoms with E-state index in [4.69, 9.17) is 22.8 Å². The molecule has 0 aromatic carbocycles. The normalized spacial score (nSPS) is 12.6. The van der Waals surface area contributed by atoms with Crippen LogP contribution in [-0.2, 0) is 32.3 Å². The quantitative estimate of drug-likeness (QED) is 0.205. The highest BCUT2D eigenvalue weighted by Gasteiger charge is 2.42. The third-order valence-corrected chi connectivity index (χ3v) is 6.64. The number of rotatable bonds is 18. The van der Waals surface area contributed by atoms with Crippen molar-refractivity contribution in [3.63, 3.8) is 0 Å². The first-order valence-electron chi connectivity index (χ1n) is 10.5. The molecule has 0 spiro atoms. The average molecular weight is 422 g/mol. The van der Waals surface area contributed by atoms with Crippen molar-refractivity contribution in [1.82, 2.24) is 5.32 Å². The van der Waals surface area contributed by atoms with Crippen LogP contribution in [0.25, 0.3) is 0 Å². The molecule has 0 amide bonds. The molecule has 1 N–H and O–H groups in total. The number of unbranched alkanes of at least 4 members (excludes halogenated alkanes) is 2. The maximum absolute atomic E-state index is 12.5. The van der Waals surface area contributed by atoms with Crippen LogP contribution in [0, 0.1) is 0 Å². The minimum Gasteiger partial charge on any atom is -0.466 e. The fraction of sp³-hybridized carbons (Fsp3) is 0.895. The number of carbonyl (C=O) groups is 2. The largest absolute Gasteiger partial charge is 0.515 e. The lowest BCUT2D eigenvalue weighted by molar-refractivity contribution is -0.153. The van der Waals surface area contributed by atoms with E-state index in [0.29, 0.717) is 33.0 Å². The van der Waals surface area contributed by atoms with Gasteiger partial charge in [-0.05, 0) is 33.6 Å². The Bertz CT molecular complexity index is 406. The molecule has 0 aliphatic rings. The van der Waals surface area contributed by atoms with Gasteiger partial charge >= 0.3 is 20.7 Å². The Morgan fingerprint density at radius 1 is 0.821 bits per heavy atom. The zero-order valence-corrected chi connectivity index (χ0v) is 19.2. The van der Waals surface area contributed by atoms with Gasteiger partial charge in [0.15, 0.2) is 0 Å². The van der Waals surface area contributed by atoms with Gasteiger partial charge in [0, 0.05) is 19.8 Å². The SMILES string of the molecule is CCCCOC(=O)CC(NC[Si](OCC)(OCC)OCC)C(=O)OCCCC. The summed E-state index contributed by atoms with van der Waals surface area (Å²) in [6.07, 6.45) is 3.51. The third-order valence-electron chi connectivity index (χ3n) is 3.82. The number of ether oxygens (including phenoxy) is 2. The van der Waals surface area contributed by atoms with Crippen molar-refractivity contribution in [3.05, 3.63) is 0 Å². The van der Waals surface area contributed by atoms with Gasteiger partial charge in [-0.3, -0.25) is 14.9 Å². The molecule has 8 nitrogen and oxygen atoms in total. The summed E-state index contributed by atoms with van der Waals surface area (Å²) in [6.45, 7) is 11.6. The zero-order valence-electron chi connectivity index (χ0n) is 18.2. The summed E-state index contributed by atoms with van der Waals surface area (Å²) < 4.78 is 27.9. The second-order valence-corrected chi connectivity index (χ2v) is 8.80. The minimum absolute atomic E-state index is 0.108. The van der Waals surface area contributed by atoms with Gasteiger partial charge in [0.2, 0.25) is 0 Å². The van der Waals surface area contributed by atoms with E-state index in [1.807, 2.05) is 34.6 Å². The Morgan fingerprint density at radius 2 is 1.32 bits per heavy atom. The summed E-state index contributed by atoms with van der Waals surface area (Å²) in [5.74, 6) is -0.914. The van der Waals surface area contributed by atoms with Crippen molar-refractivity contribution < 1.29 is 32.3 Å².